The third-order valence-electron chi connectivity index (χ3n) is 7.89. The first-order valence-electron chi connectivity index (χ1n) is 11.7. The average Bonchev–Trinajstić information content (AvgIpc) is 2.99. The Kier molecular flexibility index (Phi) is 7.13. The molecular formula is C26H42O3. The summed E-state index contributed by atoms with van der Waals surface area (Å²) in [6, 6.07) is 0. The standard InChI is InChI=1S/C26H42O3/c1-18-8-11-22(27)17-21(18)10-9-20-7-6-14-26(5)23(12-13-24(20)26)19(2)29-16-15-25(3,4)28/h9-10,19,22-24,27-28H,1,6-8,11-17H2,2-5H3/b20-9+,21-10+/t19-,22-,23+,24-,26+/m0/s1. The minimum atomic E-state index is -0.660. The summed E-state index contributed by atoms with van der Waals surface area (Å²) in [5.74, 6) is 1.22. The van der Waals surface area contributed by atoms with Gasteiger partial charge in [-0.1, -0.05) is 36.8 Å². The van der Waals surface area contributed by atoms with E-state index in [9.17, 15) is 10.2 Å². The van der Waals surface area contributed by atoms with E-state index in [4.69, 9.17) is 4.74 Å². The number of aliphatic hydroxyl groups excluding tert-OH is 1. The van der Waals surface area contributed by atoms with Gasteiger partial charge >= 0.3 is 0 Å². The predicted molar refractivity (Wildman–Crippen MR) is 120 cm³/mol. The van der Waals surface area contributed by atoms with Gasteiger partial charge in [0.1, 0.15) is 0 Å². The molecule has 0 amide bonds. The molecule has 3 saturated carbocycles. The average molecular weight is 403 g/mol. The zero-order valence-corrected chi connectivity index (χ0v) is 19.0. The second-order valence-electron chi connectivity index (χ2n) is 10.7. The lowest BCUT2D eigenvalue weighted by molar-refractivity contribution is -0.0454. The van der Waals surface area contributed by atoms with Crippen LogP contribution in [0.5, 0.6) is 0 Å². The first-order chi connectivity index (χ1) is 13.6. The minimum absolute atomic E-state index is 0.209. The van der Waals surface area contributed by atoms with E-state index in [1.54, 1.807) is 5.57 Å². The molecule has 2 N–H and O–H groups in total. The van der Waals surface area contributed by atoms with Crippen molar-refractivity contribution in [1.82, 2.24) is 0 Å². The molecule has 3 nitrogen and oxygen atoms in total. The number of fused-ring (bicyclic) bond motifs is 1. The van der Waals surface area contributed by atoms with Crippen LogP contribution >= 0.6 is 0 Å². The van der Waals surface area contributed by atoms with Gasteiger partial charge in [-0.25, -0.2) is 0 Å². The van der Waals surface area contributed by atoms with Crippen LogP contribution in [0.15, 0.2) is 35.5 Å². The maximum atomic E-state index is 10.0. The zero-order chi connectivity index (χ0) is 21.2. The number of rotatable bonds is 6. The van der Waals surface area contributed by atoms with Crippen molar-refractivity contribution >= 4 is 0 Å². The Morgan fingerprint density at radius 2 is 2.00 bits per heavy atom. The quantitative estimate of drug-likeness (QED) is 0.597. The summed E-state index contributed by atoms with van der Waals surface area (Å²) in [6.07, 6.45) is 14.0. The van der Waals surface area contributed by atoms with Gasteiger partial charge in [-0.2, -0.15) is 0 Å². The Labute approximate surface area is 177 Å². The maximum Gasteiger partial charge on any atom is 0.0613 e. The van der Waals surface area contributed by atoms with E-state index in [-0.39, 0.29) is 12.2 Å². The normalized spacial score (nSPS) is 37.2. The van der Waals surface area contributed by atoms with Crippen molar-refractivity contribution in [3.05, 3.63) is 35.5 Å². The van der Waals surface area contributed by atoms with Crippen LogP contribution in [0.25, 0.3) is 0 Å². The summed E-state index contributed by atoms with van der Waals surface area (Å²) in [6.45, 7) is 13.2. The molecule has 0 aromatic carbocycles. The Hall–Kier alpha value is -0.900. The van der Waals surface area contributed by atoms with Gasteiger partial charge in [0, 0.05) is 6.61 Å². The molecule has 3 aliphatic rings. The molecule has 3 heteroatoms. The van der Waals surface area contributed by atoms with Crippen LogP contribution in [-0.4, -0.2) is 34.6 Å². The zero-order valence-electron chi connectivity index (χ0n) is 19.0. The fraction of sp³-hybridized carbons (Fsp3) is 0.769. The van der Waals surface area contributed by atoms with Crippen molar-refractivity contribution in [2.24, 2.45) is 17.3 Å². The van der Waals surface area contributed by atoms with Gasteiger partial charge in [0.15, 0.2) is 0 Å². The fourth-order valence-electron chi connectivity index (χ4n) is 6.06. The monoisotopic (exact) mass is 402 g/mol. The topological polar surface area (TPSA) is 49.7 Å². The SMILES string of the molecule is C=C1CC[C@H](O)C/C1=C\C=C1/CCC[C@]2(C)[C@@H]([C@H](C)OCCC(C)(C)O)CC[C@@H]12. The maximum absolute atomic E-state index is 10.0. The van der Waals surface area contributed by atoms with E-state index < -0.39 is 5.60 Å². The molecule has 0 saturated heterocycles. The summed E-state index contributed by atoms with van der Waals surface area (Å²) in [4.78, 5) is 0. The van der Waals surface area contributed by atoms with Crippen molar-refractivity contribution < 1.29 is 14.9 Å². The van der Waals surface area contributed by atoms with Gasteiger partial charge in [-0.05, 0) is 101 Å². The highest BCUT2D eigenvalue weighted by Crippen LogP contribution is 2.58. The molecule has 0 aromatic heterocycles. The van der Waals surface area contributed by atoms with Crippen LogP contribution in [0, 0.1) is 17.3 Å². The van der Waals surface area contributed by atoms with Gasteiger partial charge in [0.2, 0.25) is 0 Å². The largest absolute Gasteiger partial charge is 0.393 e. The summed E-state index contributed by atoms with van der Waals surface area (Å²) in [7, 11) is 0. The second kappa shape index (κ2) is 9.08. The predicted octanol–water partition coefficient (Wildman–Crippen LogP) is 5.72. The molecule has 3 fully saturated rings. The van der Waals surface area contributed by atoms with Crippen LogP contribution in [0.3, 0.4) is 0 Å². The second-order valence-corrected chi connectivity index (χ2v) is 10.7. The molecule has 3 rings (SSSR count). The number of hydrogen-bond donors (Lipinski definition) is 2. The lowest BCUT2D eigenvalue weighted by Gasteiger charge is -2.44. The van der Waals surface area contributed by atoms with Crippen LogP contribution < -0.4 is 0 Å². The highest BCUT2D eigenvalue weighted by atomic mass is 16.5. The molecule has 0 unspecified atom stereocenters. The van der Waals surface area contributed by atoms with Gasteiger partial charge in [-0.15, -0.1) is 0 Å². The lowest BCUT2D eigenvalue weighted by Crippen LogP contribution is -2.39. The molecule has 0 heterocycles. The summed E-state index contributed by atoms with van der Waals surface area (Å²) in [5, 5.41) is 20.0. The molecule has 3 aliphatic carbocycles. The number of hydrogen-bond acceptors (Lipinski definition) is 3. The minimum Gasteiger partial charge on any atom is -0.393 e. The first-order valence-corrected chi connectivity index (χ1v) is 11.7. The van der Waals surface area contributed by atoms with Crippen LogP contribution in [0.2, 0.25) is 0 Å². The van der Waals surface area contributed by atoms with Crippen LogP contribution in [0.4, 0.5) is 0 Å². The fourth-order valence-corrected chi connectivity index (χ4v) is 6.06. The van der Waals surface area contributed by atoms with Gasteiger partial charge in [0.05, 0.1) is 17.8 Å². The molecule has 29 heavy (non-hydrogen) atoms. The molecule has 0 radical (unpaired) electrons. The number of allylic oxidation sites excluding steroid dienone is 4. The molecule has 164 valence electrons. The highest BCUT2D eigenvalue weighted by Gasteiger charge is 2.51. The summed E-state index contributed by atoms with van der Waals surface area (Å²) in [5.41, 5.74) is 3.67. The van der Waals surface area contributed by atoms with E-state index >= 15 is 0 Å². The first kappa shape index (κ1) is 22.8. The highest BCUT2D eigenvalue weighted by molar-refractivity contribution is 5.36. The van der Waals surface area contributed by atoms with E-state index in [0.29, 0.717) is 30.3 Å². The Morgan fingerprint density at radius 1 is 1.24 bits per heavy atom. The summed E-state index contributed by atoms with van der Waals surface area (Å²) < 4.78 is 6.20. The van der Waals surface area contributed by atoms with Crippen molar-refractivity contribution in [2.75, 3.05) is 6.61 Å². The van der Waals surface area contributed by atoms with Gasteiger partial charge in [0.25, 0.3) is 0 Å². The Balaban J connectivity index is 1.68. The molecule has 0 aromatic rings. The third-order valence-corrected chi connectivity index (χ3v) is 7.89. The number of ether oxygens (including phenoxy) is 1. The molecule has 0 aliphatic heterocycles. The van der Waals surface area contributed by atoms with E-state index in [1.807, 2.05) is 13.8 Å². The Morgan fingerprint density at radius 3 is 2.72 bits per heavy atom. The van der Waals surface area contributed by atoms with Crippen LogP contribution in [-0.2, 0) is 4.74 Å². The van der Waals surface area contributed by atoms with Crippen molar-refractivity contribution in [3.8, 4) is 0 Å². The summed E-state index contributed by atoms with van der Waals surface area (Å²) >= 11 is 0. The number of aliphatic hydroxyl groups is 2. The van der Waals surface area contributed by atoms with E-state index in [1.165, 1.54) is 43.3 Å². The Bertz CT molecular complexity index is 653. The van der Waals surface area contributed by atoms with E-state index in [2.05, 4.69) is 32.6 Å². The van der Waals surface area contributed by atoms with Crippen molar-refractivity contribution in [1.29, 1.82) is 0 Å². The van der Waals surface area contributed by atoms with E-state index in [0.717, 1.165) is 19.3 Å². The lowest BCUT2D eigenvalue weighted by atomic mass is 9.62. The smallest absolute Gasteiger partial charge is 0.0613 e. The van der Waals surface area contributed by atoms with Crippen LogP contribution in [0.1, 0.15) is 85.5 Å². The van der Waals surface area contributed by atoms with Gasteiger partial charge < -0.3 is 14.9 Å². The molecule has 0 spiro atoms. The molecule has 5 atom stereocenters. The van der Waals surface area contributed by atoms with Gasteiger partial charge in [-0.3, -0.25) is 0 Å². The van der Waals surface area contributed by atoms with Crippen molar-refractivity contribution in [3.63, 3.8) is 0 Å². The van der Waals surface area contributed by atoms with Crippen molar-refractivity contribution in [2.45, 2.75) is 103 Å². The molecular weight excluding hydrogens is 360 g/mol. The third kappa shape index (κ3) is 5.42. The molecule has 0 bridgehead atoms.